The smallest absolute Gasteiger partial charge is 0.334 e. The first kappa shape index (κ1) is 14.6. The summed E-state index contributed by atoms with van der Waals surface area (Å²) in [5.74, 6) is 2.34. The molecule has 90 valence electrons. The van der Waals surface area contributed by atoms with Crippen LogP contribution < -0.4 is 10.6 Å². The molecule has 0 aromatic heterocycles. The van der Waals surface area contributed by atoms with E-state index >= 15 is 0 Å². The summed E-state index contributed by atoms with van der Waals surface area (Å²) >= 11 is 1.50. The highest BCUT2D eigenvalue weighted by Gasteiger charge is 2.13. The van der Waals surface area contributed by atoms with Gasteiger partial charge in [-0.05, 0) is 0 Å². The van der Waals surface area contributed by atoms with Crippen molar-refractivity contribution in [3.8, 4) is 12.3 Å². The second-order valence-electron chi connectivity index (χ2n) is 2.75. The number of nitrogens with one attached hydrogen (secondary N) is 2. The van der Waals surface area contributed by atoms with E-state index in [2.05, 4.69) is 16.6 Å². The second-order valence-corrected chi connectivity index (χ2v) is 3.85. The van der Waals surface area contributed by atoms with Crippen LogP contribution in [0.2, 0.25) is 0 Å². The first-order valence-electron chi connectivity index (χ1n) is 4.51. The van der Waals surface area contributed by atoms with Gasteiger partial charge in [-0.2, -0.15) is 0 Å². The first-order chi connectivity index (χ1) is 7.57. The lowest BCUT2D eigenvalue weighted by Gasteiger charge is -2.08. The van der Waals surface area contributed by atoms with Gasteiger partial charge in [-0.3, -0.25) is 0 Å². The second kappa shape index (κ2) is 8.88. The number of amides is 2. The van der Waals surface area contributed by atoms with Crippen LogP contribution in [-0.4, -0.2) is 52.9 Å². The van der Waals surface area contributed by atoms with Gasteiger partial charge in [-0.1, -0.05) is 5.92 Å². The highest BCUT2D eigenvalue weighted by atomic mass is 32.2. The highest BCUT2D eigenvalue weighted by Crippen LogP contribution is 1.94. The summed E-state index contributed by atoms with van der Waals surface area (Å²) in [6, 6.07) is -0.512. The van der Waals surface area contributed by atoms with Gasteiger partial charge in [-0.25, -0.2) is 9.59 Å². The largest absolute Gasteiger partial charge is 0.479 e. The molecule has 16 heavy (non-hydrogen) atoms. The molecule has 0 spiro atoms. The molecular formula is C9H14N2O4S. The Labute approximate surface area is 97.8 Å². The Morgan fingerprint density at radius 3 is 2.69 bits per heavy atom. The van der Waals surface area contributed by atoms with E-state index in [1.165, 1.54) is 11.8 Å². The number of hydrogen-bond donors (Lipinski definition) is 4. The molecule has 7 heteroatoms. The van der Waals surface area contributed by atoms with Crippen molar-refractivity contribution >= 4 is 23.8 Å². The molecule has 4 N–H and O–H groups in total. The lowest BCUT2D eigenvalue weighted by Crippen LogP contribution is -2.42. The molecule has 0 fully saturated rings. The first-order valence-corrected chi connectivity index (χ1v) is 5.67. The number of thioether (sulfide) groups is 1. The minimum atomic E-state index is -1.58. The predicted octanol–water partition coefficient (Wildman–Crippen LogP) is -0.902. The van der Waals surface area contributed by atoms with Crippen LogP contribution in [0.5, 0.6) is 0 Å². The maximum atomic E-state index is 11.0. The third kappa shape index (κ3) is 7.96. The van der Waals surface area contributed by atoms with Crippen molar-refractivity contribution in [3.05, 3.63) is 0 Å². The van der Waals surface area contributed by atoms with Gasteiger partial charge in [0.15, 0.2) is 6.10 Å². The quantitative estimate of drug-likeness (QED) is 0.344. The zero-order valence-electron chi connectivity index (χ0n) is 8.60. The molecule has 0 aliphatic carbocycles. The van der Waals surface area contributed by atoms with E-state index in [0.29, 0.717) is 18.1 Å². The Morgan fingerprint density at radius 2 is 2.12 bits per heavy atom. The van der Waals surface area contributed by atoms with E-state index in [4.69, 9.17) is 16.6 Å². The fourth-order valence-corrected chi connectivity index (χ4v) is 1.22. The number of rotatable bonds is 7. The molecule has 0 radical (unpaired) electrons. The summed E-state index contributed by atoms with van der Waals surface area (Å²) in [6.45, 7) is 0.111. The van der Waals surface area contributed by atoms with Crippen LogP contribution in [0, 0.1) is 12.3 Å². The van der Waals surface area contributed by atoms with E-state index in [-0.39, 0.29) is 6.54 Å². The topological polar surface area (TPSA) is 98.7 Å². The van der Waals surface area contributed by atoms with Crippen LogP contribution in [-0.2, 0) is 4.79 Å². The predicted molar refractivity (Wildman–Crippen MR) is 61.2 cm³/mol. The Morgan fingerprint density at radius 1 is 1.44 bits per heavy atom. The van der Waals surface area contributed by atoms with Gasteiger partial charge < -0.3 is 20.8 Å². The van der Waals surface area contributed by atoms with Gasteiger partial charge in [0, 0.05) is 12.3 Å². The molecule has 1 atom stereocenters. The van der Waals surface area contributed by atoms with Crippen molar-refractivity contribution in [2.75, 3.05) is 24.6 Å². The third-order valence-electron chi connectivity index (χ3n) is 1.46. The van der Waals surface area contributed by atoms with Crippen molar-refractivity contribution in [1.82, 2.24) is 10.6 Å². The molecule has 0 aliphatic heterocycles. The molecule has 0 rings (SSSR count). The summed E-state index contributed by atoms with van der Waals surface area (Å²) in [5.41, 5.74) is 0. The molecule has 2 amide bonds. The number of aliphatic hydroxyl groups excluding tert-OH is 1. The van der Waals surface area contributed by atoms with Gasteiger partial charge in [0.2, 0.25) is 0 Å². The standard InChI is InChI=1S/C9H14N2O4S/c1-2-4-16-5-3-10-9(15)11-6-7(12)8(13)14/h1,7,12H,3-6H2,(H,13,14)(H2,10,11,15)/t7-/m0/s1. The summed E-state index contributed by atoms with van der Waals surface area (Å²) in [5, 5.41) is 21.9. The van der Waals surface area contributed by atoms with Crippen LogP contribution in [0.4, 0.5) is 4.79 Å². The zero-order chi connectivity index (χ0) is 12.4. The lowest BCUT2D eigenvalue weighted by atomic mass is 10.4. The van der Waals surface area contributed by atoms with Crippen LogP contribution in [0.25, 0.3) is 0 Å². The average molecular weight is 246 g/mol. The normalized spacial score (nSPS) is 11.2. The Balaban J connectivity index is 3.45. The number of carboxylic acids is 1. The number of hydrogen-bond acceptors (Lipinski definition) is 4. The van der Waals surface area contributed by atoms with Crippen molar-refractivity contribution in [2.24, 2.45) is 0 Å². The molecule has 0 unspecified atom stereocenters. The molecule has 0 bridgehead atoms. The number of terminal acetylenes is 1. The van der Waals surface area contributed by atoms with Gasteiger partial charge in [0.05, 0.1) is 12.3 Å². The van der Waals surface area contributed by atoms with E-state index in [0.717, 1.165) is 0 Å². The van der Waals surface area contributed by atoms with E-state index in [9.17, 15) is 9.59 Å². The van der Waals surface area contributed by atoms with Gasteiger partial charge in [0.25, 0.3) is 0 Å². The molecule has 0 aliphatic rings. The van der Waals surface area contributed by atoms with Crippen LogP contribution >= 0.6 is 11.8 Å². The maximum Gasteiger partial charge on any atom is 0.334 e. The Bertz CT molecular complexity index is 277. The third-order valence-corrected chi connectivity index (χ3v) is 2.32. The fraction of sp³-hybridized carbons (Fsp3) is 0.556. The van der Waals surface area contributed by atoms with E-state index in [1.54, 1.807) is 0 Å². The van der Waals surface area contributed by atoms with Gasteiger partial charge in [0.1, 0.15) is 0 Å². The van der Waals surface area contributed by atoms with E-state index in [1.807, 2.05) is 0 Å². The van der Waals surface area contributed by atoms with Crippen molar-refractivity contribution in [1.29, 1.82) is 0 Å². The molecular weight excluding hydrogens is 232 g/mol. The lowest BCUT2D eigenvalue weighted by molar-refractivity contribution is -0.146. The van der Waals surface area contributed by atoms with Crippen LogP contribution in [0.15, 0.2) is 0 Å². The summed E-state index contributed by atoms with van der Waals surface area (Å²) in [7, 11) is 0. The highest BCUT2D eigenvalue weighted by molar-refractivity contribution is 7.99. The maximum absolute atomic E-state index is 11.0. The number of carbonyl (C=O) groups is 2. The van der Waals surface area contributed by atoms with E-state index < -0.39 is 18.1 Å². The molecule has 0 aromatic rings. The van der Waals surface area contributed by atoms with Crippen LogP contribution in [0.3, 0.4) is 0 Å². The molecule has 6 nitrogen and oxygen atoms in total. The SMILES string of the molecule is C#CCSCCNC(=O)NC[C@H](O)C(=O)O. The monoisotopic (exact) mass is 246 g/mol. The number of carboxylic acid groups (broad SMARTS) is 1. The summed E-state index contributed by atoms with van der Waals surface area (Å²) in [6.07, 6.45) is 3.44. The molecule has 0 aromatic carbocycles. The summed E-state index contributed by atoms with van der Waals surface area (Å²) < 4.78 is 0. The number of carbonyl (C=O) groups excluding carboxylic acids is 1. The Hall–Kier alpha value is -1.39. The van der Waals surface area contributed by atoms with Gasteiger partial charge in [-0.15, -0.1) is 18.2 Å². The van der Waals surface area contributed by atoms with Gasteiger partial charge >= 0.3 is 12.0 Å². The molecule has 0 saturated heterocycles. The number of urea groups is 1. The molecule has 0 saturated carbocycles. The van der Waals surface area contributed by atoms with Crippen LogP contribution in [0.1, 0.15) is 0 Å². The summed E-state index contributed by atoms with van der Waals surface area (Å²) in [4.78, 5) is 21.2. The average Bonchev–Trinajstić information content (AvgIpc) is 2.25. The minimum Gasteiger partial charge on any atom is -0.479 e. The number of aliphatic carboxylic acids is 1. The van der Waals surface area contributed by atoms with Crippen molar-refractivity contribution in [3.63, 3.8) is 0 Å². The van der Waals surface area contributed by atoms with Crippen molar-refractivity contribution < 1.29 is 19.8 Å². The molecule has 0 heterocycles. The Kier molecular flexibility index (Phi) is 8.11. The minimum absolute atomic E-state index is 0.321. The number of aliphatic hydroxyl groups is 1. The van der Waals surface area contributed by atoms with Crippen molar-refractivity contribution in [2.45, 2.75) is 6.10 Å². The fourth-order valence-electron chi connectivity index (χ4n) is 0.707. The zero-order valence-corrected chi connectivity index (χ0v) is 9.42.